The van der Waals surface area contributed by atoms with Crippen LogP contribution < -0.4 is 9.47 Å². The van der Waals surface area contributed by atoms with E-state index < -0.39 is 6.10 Å². The monoisotopic (exact) mass is 462 g/mol. The summed E-state index contributed by atoms with van der Waals surface area (Å²) in [5.41, 5.74) is 2.68. The number of benzene rings is 2. The van der Waals surface area contributed by atoms with Crippen LogP contribution in [0.15, 0.2) is 34.8 Å². The zero-order valence-corrected chi connectivity index (χ0v) is 15.7. The van der Waals surface area contributed by atoms with E-state index in [-0.39, 0.29) is 0 Å². The van der Waals surface area contributed by atoms with Crippen LogP contribution in [0.3, 0.4) is 0 Å². The lowest BCUT2D eigenvalue weighted by atomic mass is 9.99. The van der Waals surface area contributed by atoms with Crippen molar-refractivity contribution in [3.05, 3.63) is 55.1 Å². The topological polar surface area (TPSA) is 38.7 Å². The van der Waals surface area contributed by atoms with Gasteiger partial charge in [0.05, 0.1) is 18.7 Å². The van der Waals surface area contributed by atoms with Gasteiger partial charge in [-0.3, -0.25) is 0 Å². The molecule has 0 saturated carbocycles. The van der Waals surface area contributed by atoms with Gasteiger partial charge in [0, 0.05) is 9.13 Å². The second-order valence-electron chi connectivity index (χ2n) is 4.61. The Bertz CT molecular complexity index is 658. The van der Waals surface area contributed by atoms with Crippen LogP contribution in [0.5, 0.6) is 11.5 Å². The molecule has 0 heterocycles. The lowest BCUT2D eigenvalue weighted by Gasteiger charge is -2.19. The number of ether oxygens (including phenoxy) is 2. The van der Waals surface area contributed by atoms with Crippen molar-refractivity contribution in [3.8, 4) is 11.5 Å². The fraction of sp³-hybridized carbons (Fsp3) is 0.250. The first-order valence-corrected chi connectivity index (χ1v) is 8.21. The number of aryl methyl sites for hydroxylation is 1. The van der Waals surface area contributed by atoms with Crippen LogP contribution in [0, 0.1) is 10.5 Å². The highest BCUT2D eigenvalue weighted by Gasteiger charge is 2.20. The molecule has 0 aliphatic heterocycles. The third-order valence-corrected chi connectivity index (χ3v) is 5.41. The maximum Gasteiger partial charge on any atom is 0.133 e. The lowest BCUT2D eigenvalue weighted by Crippen LogP contribution is -2.06. The standard InChI is InChI=1S/C16H16BrIO3/c1-9-5-4-6-10(15(9)18)16(19)11-7-14(21-3)12(17)8-13(11)20-2/h4-8,16,19H,1-3H3. The lowest BCUT2D eigenvalue weighted by molar-refractivity contribution is 0.213. The Morgan fingerprint density at radius 2 is 1.76 bits per heavy atom. The maximum absolute atomic E-state index is 10.8. The largest absolute Gasteiger partial charge is 0.496 e. The quantitative estimate of drug-likeness (QED) is 0.681. The zero-order chi connectivity index (χ0) is 15.6. The molecule has 2 rings (SSSR count). The average Bonchev–Trinajstić information content (AvgIpc) is 2.49. The van der Waals surface area contributed by atoms with Gasteiger partial charge < -0.3 is 14.6 Å². The van der Waals surface area contributed by atoms with E-state index in [9.17, 15) is 5.11 Å². The Kier molecular flexibility index (Phi) is 5.51. The molecule has 1 N–H and O–H groups in total. The summed E-state index contributed by atoms with van der Waals surface area (Å²) in [4.78, 5) is 0. The van der Waals surface area contributed by atoms with Crippen molar-refractivity contribution in [1.82, 2.24) is 0 Å². The van der Waals surface area contributed by atoms with Gasteiger partial charge in [0.15, 0.2) is 0 Å². The molecule has 1 unspecified atom stereocenters. The Morgan fingerprint density at radius 3 is 2.38 bits per heavy atom. The van der Waals surface area contributed by atoms with Crippen LogP contribution in [0.25, 0.3) is 0 Å². The molecule has 1 atom stereocenters. The van der Waals surface area contributed by atoms with E-state index in [4.69, 9.17) is 9.47 Å². The molecule has 2 aromatic rings. The van der Waals surface area contributed by atoms with Gasteiger partial charge in [0.2, 0.25) is 0 Å². The second-order valence-corrected chi connectivity index (χ2v) is 6.54. The first kappa shape index (κ1) is 16.6. The second kappa shape index (κ2) is 6.98. The van der Waals surface area contributed by atoms with E-state index in [1.165, 1.54) is 0 Å². The first-order chi connectivity index (χ1) is 9.99. The molecule has 0 bridgehead atoms. The van der Waals surface area contributed by atoms with Gasteiger partial charge >= 0.3 is 0 Å². The summed E-state index contributed by atoms with van der Waals surface area (Å²) in [5, 5.41) is 10.8. The van der Waals surface area contributed by atoms with Gasteiger partial charge in [-0.15, -0.1) is 0 Å². The predicted octanol–water partition coefficient (Wildman–Crippen LogP) is 4.46. The maximum atomic E-state index is 10.8. The molecule has 0 fully saturated rings. The minimum Gasteiger partial charge on any atom is -0.496 e. The van der Waals surface area contributed by atoms with Crippen molar-refractivity contribution in [2.75, 3.05) is 14.2 Å². The molecule has 0 saturated heterocycles. The normalized spacial score (nSPS) is 12.1. The van der Waals surface area contributed by atoms with Crippen LogP contribution in [-0.2, 0) is 0 Å². The van der Waals surface area contributed by atoms with Gasteiger partial charge in [-0.05, 0) is 68.7 Å². The minimum atomic E-state index is -0.770. The summed E-state index contributed by atoms with van der Waals surface area (Å²) in [6.07, 6.45) is -0.770. The molecule has 0 aliphatic rings. The molecule has 0 amide bonds. The number of aliphatic hydroxyl groups is 1. The number of halogens is 2. The van der Waals surface area contributed by atoms with E-state index >= 15 is 0 Å². The molecule has 2 aromatic carbocycles. The Labute approximate surface area is 146 Å². The average molecular weight is 463 g/mol. The first-order valence-electron chi connectivity index (χ1n) is 6.34. The van der Waals surface area contributed by atoms with Crippen molar-refractivity contribution in [1.29, 1.82) is 0 Å². The molecule has 0 radical (unpaired) electrons. The highest BCUT2D eigenvalue weighted by atomic mass is 127. The SMILES string of the molecule is COc1cc(C(O)c2cccc(C)c2I)c(OC)cc1Br. The van der Waals surface area contributed by atoms with Crippen LogP contribution >= 0.6 is 38.5 Å². The molecule has 3 nitrogen and oxygen atoms in total. The van der Waals surface area contributed by atoms with Crippen molar-refractivity contribution < 1.29 is 14.6 Å². The van der Waals surface area contributed by atoms with E-state index in [0.717, 1.165) is 19.2 Å². The molecule has 5 heteroatoms. The van der Waals surface area contributed by atoms with Gasteiger partial charge in [-0.1, -0.05) is 18.2 Å². The van der Waals surface area contributed by atoms with Crippen LogP contribution in [0.1, 0.15) is 22.8 Å². The van der Waals surface area contributed by atoms with Crippen molar-refractivity contribution >= 4 is 38.5 Å². The van der Waals surface area contributed by atoms with Crippen LogP contribution in [0.4, 0.5) is 0 Å². The van der Waals surface area contributed by atoms with Gasteiger partial charge in [-0.2, -0.15) is 0 Å². The fourth-order valence-electron chi connectivity index (χ4n) is 2.15. The van der Waals surface area contributed by atoms with Gasteiger partial charge in [0.25, 0.3) is 0 Å². The molecule has 0 aliphatic carbocycles. The minimum absolute atomic E-state index is 0.618. The summed E-state index contributed by atoms with van der Waals surface area (Å²) >= 11 is 5.68. The summed E-state index contributed by atoms with van der Waals surface area (Å²) in [7, 11) is 3.19. The van der Waals surface area contributed by atoms with Crippen molar-refractivity contribution in [2.24, 2.45) is 0 Å². The summed E-state index contributed by atoms with van der Waals surface area (Å²) < 4.78 is 12.5. The highest BCUT2D eigenvalue weighted by molar-refractivity contribution is 14.1. The van der Waals surface area contributed by atoms with Gasteiger partial charge in [-0.25, -0.2) is 0 Å². The number of methoxy groups -OCH3 is 2. The zero-order valence-electron chi connectivity index (χ0n) is 12.0. The number of hydrogen-bond donors (Lipinski definition) is 1. The van der Waals surface area contributed by atoms with Crippen molar-refractivity contribution in [3.63, 3.8) is 0 Å². The van der Waals surface area contributed by atoms with Gasteiger partial charge in [0.1, 0.15) is 17.6 Å². The Hall–Kier alpha value is -0.790. The number of hydrogen-bond acceptors (Lipinski definition) is 3. The van der Waals surface area contributed by atoms with E-state index in [1.54, 1.807) is 26.4 Å². The third kappa shape index (κ3) is 3.35. The molecule has 0 aromatic heterocycles. The van der Waals surface area contributed by atoms with Crippen LogP contribution in [-0.4, -0.2) is 19.3 Å². The highest BCUT2D eigenvalue weighted by Crippen LogP contribution is 2.39. The van der Waals surface area contributed by atoms with Crippen LogP contribution in [0.2, 0.25) is 0 Å². The fourth-order valence-corrected chi connectivity index (χ4v) is 3.29. The number of aliphatic hydroxyl groups excluding tert-OH is 1. The molecule has 21 heavy (non-hydrogen) atoms. The smallest absolute Gasteiger partial charge is 0.133 e. The Morgan fingerprint density at radius 1 is 1.10 bits per heavy atom. The molecule has 112 valence electrons. The van der Waals surface area contributed by atoms with E-state index in [0.29, 0.717) is 17.1 Å². The third-order valence-electron chi connectivity index (χ3n) is 3.31. The van der Waals surface area contributed by atoms with Crippen molar-refractivity contribution in [2.45, 2.75) is 13.0 Å². The van der Waals surface area contributed by atoms with E-state index in [1.807, 2.05) is 25.1 Å². The summed E-state index contributed by atoms with van der Waals surface area (Å²) in [6.45, 7) is 2.03. The Balaban J connectivity index is 2.56. The molecule has 0 spiro atoms. The molecular weight excluding hydrogens is 447 g/mol. The number of rotatable bonds is 4. The summed E-state index contributed by atoms with van der Waals surface area (Å²) in [5.74, 6) is 1.28. The summed E-state index contributed by atoms with van der Waals surface area (Å²) in [6, 6.07) is 9.50. The van der Waals surface area contributed by atoms with E-state index in [2.05, 4.69) is 38.5 Å². The predicted molar refractivity (Wildman–Crippen MR) is 95.2 cm³/mol. The molecular formula is C16H16BrIO3.